The van der Waals surface area contributed by atoms with Gasteiger partial charge in [0.05, 0.1) is 5.60 Å². The molecule has 0 aromatic heterocycles. The summed E-state index contributed by atoms with van der Waals surface area (Å²) < 4.78 is 78.6. The van der Waals surface area contributed by atoms with E-state index in [0.29, 0.717) is 74.5 Å². The molecule has 2 aromatic rings. The molecule has 0 atom stereocenters. The molecule has 232 valence electrons. The number of nitrogens with zero attached hydrogens (tertiary/aromatic N) is 2. The molecule has 8 nitrogen and oxygen atoms in total. The van der Waals surface area contributed by atoms with Crippen molar-refractivity contribution >= 4 is 17.6 Å². The van der Waals surface area contributed by atoms with E-state index in [9.17, 15) is 46.1 Å². The molecule has 4 N–H and O–H groups in total. The van der Waals surface area contributed by atoms with Crippen LogP contribution in [0, 0.1) is 0 Å². The van der Waals surface area contributed by atoms with Gasteiger partial charge in [-0.05, 0) is 56.5 Å². The number of halogens is 6. The molecule has 0 aliphatic carbocycles. The molecule has 0 saturated carbocycles. The van der Waals surface area contributed by atoms with Crippen molar-refractivity contribution in [1.29, 1.82) is 0 Å². The fraction of sp³-hybridized carbons (Fsp3) is 0.500. The molecule has 3 rings (SSSR count). The van der Waals surface area contributed by atoms with Crippen LogP contribution in [0.25, 0.3) is 0 Å². The van der Waals surface area contributed by atoms with E-state index in [0.717, 1.165) is 12.1 Å². The van der Waals surface area contributed by atoms with Crippen LogP contribution in [0.1, 0.15) is 48.2 Å². The van der Waals surface area contributed by atoms with Crippen molar-refractivity contribution in [2.75, 3.05) is 38.0 Å². The van der Waals surface area contributed by atoms with Gasteiger partial charge in [0.15, 0.2) is 0 Å². The molecule has 1 aliphatic heterocycles. The Bertz CT molecular complexity index is 1190. The molecule has 1 heterocycles. The lowest BCUT2D eigenvalue weighted by Gasteiger charge is -2.35. The molecular formula is C28H34F6N4O4. The minimum absolute atomic E-state index is 0.222. The van der Waals surface area contributed by atoms with Crippen molar-refractivity contribution in [3.63, 3.8) is 0 Å². The van der Waals surface area contributed by atoms with Gasteiger partial charge in [-0.15, -0.1) is 0 Å². The van der Waals surface area contributed by atoms with E-state index in [1.54, 1.807) is 43.0 Å². The number of nitrogens with one attached hydrogen (secondary N) is 2. The Morgan fingerprint density at radius 2 is 1.38 bits per heavy atom. The summed E-state index contributed by atoms with van der Waals surface area (Å²) in [6.07, 6.45) is -10.7. The summed E-state index contributed by atoms with van der Waals surface area (Å²) in [4.78, 5) is 28.5. The number of alkyl halides is 6. The van der Waals surface area contributed by atoms with E-state index in [4.69, 9.17) is 0 Å². The fourth-order valence-corrected chi connectivity index (χ4v) is 4.48. The normalized spacial score (nSPS) is 15.4. The van der Waals surface area contributed by atoms with Crippen LogP contribution in [0.4, 0.5) is 36.8 Å². The maximum atomic E-state index is 13.1. The van der Waals surface area contributed by atoms with Gasteiger partial charge in [-0.1, -0.05) is 24.3 Å². The highest BCUT2D eigenvalue weighted by Crippen LogP contribution is 2.50. The second kappa shape index (κ2) is 12.9. The number of hydrogen-bond donors (Lipinski definition) is 4. The van der Waals surface area contributed by atoms with Gasteiger partial charge in [0.25, 0.3) is 11.5 Å². The third-order valence-electron chi connectivity index (χ3n) is 6.90. The summed E-state index contributed by atoms with van der Waals surface area (Å²) in [5.74, 6) is -0.222. The quantitative estimate of drug-likeness (QED) is 0.247. The van der Waals surface area contributed by atoms with Gasteiger partial charge < -0.3 is 25.7 Å². The molecule has 42 heavy (non-hydrogen) atoms. The van der Waals surface area contributed by atoms with Crippen molar-refractivity contribution in [2.24, 2.45) is 0 Å². The summed E-state index contributed by atoms with van der Waals surface area (Å²) in [6.45, 7) is 5.57. The molecule has 3 amide bonds. The Labute approximate surface area is 239 Å². The van der Waals surface area contributed by atoms with Gasteiger partial charge in [0, 0.05) is 56.1 Å². The van der Waals surface area contributed by atoms with Crippen molar-refractivity contribution in [3.05, 3.63) is 65.2 Å². The number of hydrogen-bond acceptors (Lipinski definition) is 5. The van der Waals surface area contributed by atoms with Crippen molar-refractivity contribution in [2.45, 2.75) is 56.8 Å². The highest BCUT2D eigenvalue weighted by atomic mass is 19.4. The number of urea groups is 1. The van der Waals surface area contributed by atoms with Crippen LogP contribution in [-0.4, -0.2) is 82.6 Å². The minimum Gasteiger partial charge on any atom is -0.390 e. The molecule has 1 aliphatic rings. The molecule has 0 unspecified atom stereocenters. The van der Waals surface area contributed by atoms with Gasteiger partial charge >= 0.3 is 18.4 Å². The predicted octanol–water partition coefficient (Wildman–Crippen LogP) is 4.63. The third-order valence-corrected chi connectivity index (χ3v) is 6.90. The molecular weight excluding hydrogens is 570 g/mol. The van der Waals surface area contributed by atoms with Crippen LogP contribution in [-0.2, 0) is 12.1 Å². The Morgan fingerprint density at radius 3 is 1.88 bits per heavy atom. The lowest BCUT2D eigenvalue weighted by atomic mass is 9.91. The standard InChI is InChI=1S/C28H34F6N4O4/c1-25(2,41)12-3-13-35-24(40)36-22-10-6-20(7-11-22)23(39)38-16-14-37(15-17-38)18-19-4-8-21(9-5-19)26(42,27(29,30)31)28(32,33)34/h4-11,41-42H,3,12-18H2,1-2H3,(H2,35,36,40). The highest BCUT2D eigenvalue weighted by molar-refractivity contribution is 5.95. The van der Waals surface area contributed by atoms with Crippen LogP contribution >= 0.6 is 0 Å². The van der Waals surface area contributed by atoms with Gasteiger partial charge in [0.2, 0.25) is 0 Å². The van der Waals surface area contributed by atoms with E-state index >= 15 is 0 Å². The van der Waals surface area contributed by atoms with E-state index in [-0.39, 0.29) is 12.5 Å². The molecule has 0 bridgehead atoms. The number of amides is 3. The third kappa shape index (κ3) is 8.35. The topological polar surface area (TPSA) is 105 Å². The summed E-state index contributed by atoms with van der Waals surface area (Å²) in [6, 6.07) is 9.43. The van der Waals surface area contributed by atoms with Crippen LogP contribution < -0.4 is 10.6 Å². The first-order valence-electron chi connectivity index (χ1n) is 13.2. The van der Waals surface area contributed by atoms with Crippen LogP contribution in [0.15, 0.2) is 48.5 Å². The maximum absolute atomic E-state index is 13.1. The van der Waals surface area contributed by atoms with E-state index in [1.165, 1.54) is 0 Å². The van der Waals surface area contributed by atoms with E-state index < -0.39 is 35.1 Å². The lowest BCUT2D eigenvalue weighted by Crippen LogP contribution is -2.53. The molecule has 14 heteroatoms. The van der Waals surface area contributed by atoms with Gasteiger partial charge in [-0.3, -0.25) is 9.69 Å². The number of rotatable bonds is 9. The van der Waals surface area contributed by atoms with Crippen LogP contribution in [0.2, 0.25) is 0 Å². The number of benzene rings is 2. The second-order valence-electron chi connectivity index (χ2n) is 10.8. The number of piperazine rings is 1. The maximum Gasteiger partial charge on any atom is 0.430 e. The highest BCUT2D eigenvalue weighted by Gasteiger charge is 2.71. The lowest BCUT2D eigenvalue weighted by molar-refractivity contribution is -0.376. The number of carbonyl (C=O) groups is 2. The summed E-state index contributed by atoms with van der Waals surface area (Å²) in [5.41, 5.74) is -5.73. The minimum atomic E-state index is -5.94. The first kappa shape index (κ1) is 33.1. The monoisotopic (exact) mass is 604 g/mol. The zero-order valence-electron chi connectivity index (χ0n) is 23.1. The van der Waals surface area contributed by atoms with Crippen molar-refractivity contribution < 1.29 is 46.1 Å². The molecule has 0 radical (unpaired) electrons. The smallest absolute Gasteiger partial charge is 0.390 e. The Hall–Kier alpha value is -3.36. The average Bonchev–Trinajstić information content (AvgIpc) is 2.90. The fourth-order valence-electron chi connectivity index (χ4n) is 4.48. The van der Waals surface area contributed by atoms with Crippen molar-refractivity contribution in [1.82, 2.24) is 15.1 Å². The first-order valence-corrected chi connectivity index (χ1v) is 13.2. The molecule has 2 aromatic carbocycles. The van der Waals surface area contributed by atoms with Crippen LogP contribution in [0.3, 0.4) is 0 Å². The molecule has 1 saturated heterocycles. The van der Waals surface area contributed by atoms with Crippen LogP contribution in [0.5, 0.6) is 0 Å². The molecule has 0 spiro atoms. The Balaban J connectivity index is 1.49. The van der Waals surface area contributed by atoms with E-state index in [2.05, 4.69) is 10.6 Å². The largest absolute Gasteiger partial charge is 0.430 e. The Morgan fingerprint density at radius 1 is 0.833 bits per heavy atom. The summed E-state index contributed by atoms with van der Waals surface area (Å²) in [7, 11) is 0. The zero-order chi connectivity index (χ0) is 31.3. The van der Waals surface area contributed by atoms with Crippen molar-refractivity contribution in [3.8, 4) is 0 Å². The summed E-state index contributed by atoms with van der Waals surface area (Å²) >= 11 is 0. The average molecular weight is 605 g/mol. The number of aliphatic hydroxyl groups is 2. The SMILES string of the molecule is CC(C)(O)CCCNC(=O)Nc1ccc(C(=O)N2CCN(Cc3ccc(C(O)(C(F)(F)F)C(F)(F)F)cc3)CC2)cc1. The molecule has 1 fully saturated rings. The number of anilines is 1. The first-order chi connectivity index (χ1) is 19.4. The summed E-state index contributed by atoms with van der Waals surface area (Å²) in [5, 5.41) is 24.6. The second-order valence-corrected chi connectivity index (χ2v) is 10.8. The Kier molecular flexibility index (Phi) is 10.2. The predicted molar refractivity (Wildman–Crippen MR) is 143 cm³/mol. The van der Waals surface area contributed by atoms with E-state index in [1.807, 2.05) is 4.90 Å². The number of carbonyl (C=O) groups excluding carboxylic acids is 2. The zero-order valence-corrected chi connectivity index (χ0v) is 23.1. The van der Waals surface area contributed by atoms with Gasteiger partial charge in [0.1, 0.15) is 0 Å². The van der Waals surface area contributed by atoms with Gasteiger partial charge in [-0.2, -0.15) is 26.3 Å². The van der Waals surface area contributed by atoms with Gasteiger partial charge in [-0.25, -0.2) is 4.79 Å².